The molecule has 0 amide bonds. The van der Waals surface area contributed by atoms with Gasteiger partial charge in [0.15, 0.2) is 11.5 Å². The minimum Gasteiger partial charge on any atom is -0.489 e. The zero-order valence-electron chi connectivity index (χ0n) is 11.8. The van der Waals surface area contributed by atoms with E-state index in [-0.39, 0.29) is 0 Å². The van der Waals surface area contributed by atoms with E-state index in [1.54, 1.807) is 6.26 Å². The Morgan fingerprint density at radius 2 is 2.00 bits per heavy atom. The number of ether oxygens (including phenoxy) is 2. The van der Waals surface area contributed by atoms with Gasteiger partial charge in [0.05, 0.1) is 36.1 Å². The van der Waals surface area contributed by atoms with E-state index in [1.807, 2.05) is 18.2 Å². The summed E-state index contributed by atoms with van der Waals surface area (Å²) in [5.41, 5.74) is 2.82. The molecule has 3 aromatic rings. The van der Waals surface area contributed by atoms with E-state index in [2.05, 4.69) is 16.9 Å². The average molecular weight is 284 g/mol. The van der Waals surface area contributed by atoms with Crippen molar-refractivity contribution in [3.63, 3.8) is 0 Å². The molecular weight excluding hydrogens is 268 g/mol. The van der Waals surface area contributed by atoms with Gasteiger partial charge in [0.2, 0.25) is 0 Å². The summed E-state index contributed by atoms with van der Waals surface area (Å²) < 4.78 is 16.9. The van der Waals surface area contributed by atoms with E-state index in [0.29, 0.717) is 13.2 Å². The van der Waals surface area contributed by atoms with Crippen LogP contribution in [0, 0.1) is 0 Å². The molecule has 0 unspecified atom stereocenters. The summed E-state index contributed by atoms with van der Waals surface area (Å²) in [6.07, 6.45) is 3.43. The monoisotopic (exact) mass is 284 g/mol. The maximum absolute atomic E-state index is 5.71. The van der Waals surface area contributed by atoms with Crippen LogP contribution in [0.25, 0.3) is 22.4 Å². The zero-order chi connectivity index (χ0) is 14.2. The van der Waals surface area contributed by atoms with Crippen LogP contribution in [0.1, 0.15) is 19.1 Å². The van der Waals surface area contributed by atoms with Crippen molar-refractivity contribution in [2.24, 2.45) is 0 Å². The average Bonchev–Trinajstić information content (AvgIpc) is 3.05. The van der Waals surface area contributed by atoms with E-state index >= 15 is 0 Å². The third-order valence-electron chi connectivity index (χ3n) is 3.67. The smallest absolute Gasteiger partial charge is 0.163 e. The van der Waals surface area contributed by atoms with Gasteiger partial charge in [0.25, 0.3) is 0 Å². The molecule has 21 heavy (non-hydrogen) atoms. The molecule has 5 nitrogen and oxygen atoms in total. The van der Waals surface area contributed by atoms with E-state index in [1.165, 1.54) is 0 Å². The van der Waals surface area contributed by atoms with E-state index in [4.69, 9.17) is 13.9 Å². The van der Waals surface area contributed by atoms with Gasteiger partial charge < -0.3 is 18.9 Å². The predicted molar refractivity (Wildman–Crippen MR) is 78.8 cm³/mol. The quantitative estimate of drug-likeness (QED) is 0.781. The van der Waals surface area contributed by atoms with E-state index < -0.39 is 0 Å². The molecule has 1 aliphatic heterocycles. The highest BCUT2D eigenvalue weighted by Gasteiger charge is 2.16. The summed E-state index contributed by atoms with van der Waals surface area (Å²) in [5, 5.41) is 0. The Morgan fingerprint density at radius 3 is 2.81 bits per heavy atom. The molecule has 0 saturated carbocycles. The second kappa shape index (κ2) is 4.84. The van der Waals surface area contributed by atoms with E-state index in [9.17, 15) is 0 Å². The minimum absolute atomic E-state index is 0.678. The molecule has 0 radical (unpaired) electrons. The number of nitrogens with zero attached hydrogens (tertiary/aromatic N) is 1. The maximum atomic E-state index is 5.71. The van der Waals surface area contributed by atoms with Crippen molar-refractivity contribution in [2.45, 2.75) is 19.8 Å². The molecule has 1 N–H and O–H groups in total. The minimum atomic E-state index is 0.678. The lowest BCUT2D eigenvalue weighted by molar-refractivity contribution is 0.297. The lowest BCUT2D eigenvalue weighted by Crippen LogP contribution is -1.97. The highest BCUT2D eigenvalue weighted by Crippen LogP contribution is 2.35. The summed E-state index contributed by atoms with van der Waals surface area (Å²) in [6, 6.07) is 5.83. The predicted octanol–water partition coefficient (Wildman–Crippen LogP) is 3.55. The van der Waals surface area contributed by atoms with Gasteiger partial charge in [-0.2, -0.15) is 0 Å². The van der Waals surface area contributed by atoms with Gasteiger partial charge in [0.1, 0.15) is 11.6 Å². The van der Waals surface area contributed by atoms with Crippen LogP contribution >= 0.6 is 0 Å². The first kappa shape index (κ1) is 12.3. The van der Waals surface area contributed by atoms with Gasteiger partial charge in [-0.25, -0.2) is 4.98 Å². The van der Waals surface area contributed by atoms with Crippen LogP contribution in [-0.2, 0) is 6.42 Å². The first-order valence-electron chi connectivity index (χ1n) is 7.21. The SMILES string of the molecule is CCc1occc1-c1nc2cc3c(cc2[nH]1)OCCCO3. The molecule has 0 aliphatic carbocycles. The highest BCUT2D eigenvalue weighted by molar-refractivity contribution is 5.83. The third kappa shape index (κ3) is 2.05. The highest BCUT2D eigenvalue weighted by atomic mass is 16.5. The van der Waals surface area contributed by atoms with Gasteiger partial charge in [-0.3, -0.25) is 0 Å². The summed E-state index contributed by atoms with van der Waals surface area (Å²) in [7, 11) is 0. The molecule has 108 valence electrons. The van der Waals surface area contributed by atoms with Crippen molar-refractivity contribution in [2.75, 3.05) is 13.2 Å². The number of hydrogen-bond acceptors (Lipinski definition) is 4. The molecule has 2 aromatic heterocycles. The maximum Gasteiger partial charge on any atom is 0.163 e. The molecule has 1 aromatic carbocycles. The molecule has 0 spiro atoms. The number of H-pyrrole nitrogens is 1. The second-order valence-electron chi connectivity index (χ2n) is 5.06. The van der Waals surface area contributed by atoms with Gasteiger partial charge in [0, 0.05) is 25.0 Å². The summed E-state index contributed by atoms with van der Waals surface area (Å²) in [6.45, 7) is 3.42. The van der Waals surface area contributed by atoms with Gasteiger partial charge in [-0.15, -0.1) is 0 Å². The van der Waals surface area contributed by atoms with E-state index in [0.717, 1.165) is 52.5 Å². The van der Waals surface area contributed by atoms with Crippen LogP contribution in [0.3, 0.4) is 0 Å². The normalized spacial score (nSPS) is 14.3. The molecule has 0 atom stereocenters. The van der Waals surface area contributed by atoms with Gasteiger partial charge in [-0.05, 0) is 6.07 Å². The second-order valence-corrected chi connectivity index (χ2v) is 5.06. The summed E-state index contributed by atoms with van der Waals surface area (Å²) in [4.78, 5) is 7.99. The molecule has 3 heterocycles. The fourth-order valence-electron chi connectivity index (χ4n) is 2.62. The van der Waals surface area contributed by atoms with Crippen LogP contribution in [0.2, 0.25) is 0 Å². The number of aromatic amines is 1. The Morgan fingerprint density at radius 1 is 1.19 bits per heavy atom. The number of fused-ring (bicyclic) bond motifs is 2. The number of nitrogens with one attached hydrogen (secondary N) is 1. The molecule has 1 aliphatic rings. The number of rotatable bonds is 2. The van der Waals surface area contributed by atoms with Gasteiger partial charge >= 0.3 is 0 Å². The number of aryl methyl sites for hydroxylation is 1. The van der Waals surface area contributed by atoms with Crippen LogP contribution in [0.5, 0.6) is 11.5 Å². The number of imidazole rings is 1. The summed E-state index contributed by atoms with van der Waals surface area (Å²) >= 11 is 0. The molecule has 5 heteroatoms. The Hall–Kier alpha value is -2.43. The van der Waals surface area contributed by atoms with Crippen LogP contribution in [-0.4, -0.2) is 23.2 Å². The first-order valence-corrected chi connectivity index (χ1v) is 7.21. The fourth-order valence-corrected chi connectivity index (χ4v) is 2.62. The summed E-state index contributed by atoms with van der Waals surface area (Å²) in [5.74, 6) is 3.29. The Kier molecular flexibility index (Phi) is 2.84. The first-order chi connectivity index (χ1) is 10.3. The van der Waals surface area contributed by atoms with Crippen LogP contribution in [0.4, 0.5) is 0 Å². The number of benzene rings is 1. The molecule has 4 rings (SSSR count). The van der Waals surface area contributed by atoms with Crippen LogP contribution < -0.4 is 9.47 Å². The third-order valence-corrected chi connectivity index (χ3v) is 3.67. The topological polar surface area (TPSA) is 60.3 Å². The Bertz CT molecular complexity index is 745. The molecule has 0 saturated heterocycles. The van der Waals surface area contributed by atoms with Crippen molar-refractivity contribution >= 4 is 11.0 Å². The molecule has 0 fully saturated rings. The molecular formula is C16H16N2O3. The lowest BCUT2D eigenvalue weighted by Gasteiger charge is -2.05. The lowest BCUT2D eigenvalue weighted by atomic mass is 10.2. The molecule has 0 bridgehead atoms. The number of hydrogen-bond donors (Lipinski definition) is 1. The van der Waals surface area contributed by atoms with Crippen molar-refractivity contribution < 1.29 is 13.9 Å². The van der Waals surface area contributed by atoms with Crippen molar-refractivity contribution in [3.8, 4) is 22.9 Å². The number of aromatic nitrogens is 2. The van der Waals surface area contributed by atoms with Gasteiger partial charge in [-0.1, -0.05) is 6.92 Å². The largest absolute Gasteiger partial charge is 0.489 e. The fraction of sp³-hybridized carbons (Fsp3) is 0.312. The van der Waals surface area contributed by atoms with Crippen molar-refractivity contribution in [1.82, 2.24) is 9.97 Å². The Balaban J connectivity index is 1.83. The number of furan rings is 1. The van der Waals surface area contributed by atoms with Crippen molar-refractivity contribution in [1.29, 1.82) is 0 Å². The van der Waals surface area contributed by atoms with Crippen LogP contribution in [0.15, 0.2) is 28.9 Å². The Labute approximate surface area is 121 Å². The zero-order valence-corrected chi connectivity index (χ0v) is 11.8. The standard InChI is InChI=1S/C16H16N2O3/c1-2-13-10(4-7-21-13)16-17-11-8-14-15(9-12(11)18-16)20-6-3-5-19-14/h4,7-9H,2-3,5-6H2,1H3,(H,17,18). The van der Waals surface area contributed by atoms with Crippen molar-refractivity contribution in [3.05, 3.63) is 30.2 Å².